The zero-order chi connectivity index (χ0) is 10.7. The molecule has 0 spiro atoms. The molecule has 0 aromatic carbocycles. The van der Waals surface area contributed by atoms with Gasteiger partial charge >= 0.3 is 5.91 Å². The number of amides is 1. The van der Waals surface area contributed by atoms with Crippen LogP contribution in [0.3, 0.4) is 0 Å². The van der Waals surface area contributed by atoms with Crippen LogP contribution in [-0.4, -0.2) is 37.2 Å². The summed E-state index contributed by atoms with van der Waals surface area (Å²) in [7, 11) is 0. The third kappa shape index (κ3) is 2.71. The first kappa shape index (κ1) is 10.5. The van der Waals surface area contributed by atoms with Crippen molar-refractivity contribution in [2.24, 2.45) is 0 Å². The maximum Gasteiger partial charge on any atom is 0.301 e. The highest BCUT2D eigenvalue weighted by Gasteiger charge is 2.16. The number of nitrogens with zero attached hydrogens (tertiary/aromatic N) is 1. The van der Waals surface area contributed by atoms with Gasteiger partial charge in [-0.1, -0.05) is 0 Å². The Balaban J connectivity index is 1.91. The summed E-state index contributed by atoms with van der Waals surface area (Å²) in [6.45, 7) is 2.61. The number of morpholine rings is 1. The molecule has 1 N–H and O–H groups in total. The topological polar surface area (TPSA) is 54.7 Å². The molecule has 0 unspecified atom stereocenters. The van der Waals surface area contributed by atoms with E-state index in [-0.39, 0.29) is 16.9 Å². The smallest absolute Gasteiger partial charge is 0.301 e. The molecule has 0 saturated carbocycles. The lowest BCUT2D eigenvalue weighted by Gasteiger charge is -2.26. The predicted octanol–water partition coefficient (Wildman–Crippen LogP) is 0.910. The first-order chi connectivity index (χ1) is 7.25. The van der Waals surface area contributed by atoms with Crippen LogP contribution in [0.25, 0.3) is 0 Å². The highest BCUT2D eigenvalue weighted by Crippen LogP contribution is 2.12. The van der Waals surface area contributed by atoms with Crippen LogP contribution in [0.4, 0.5) is 0 Å². The molecule has 15 heavy (non-hydrogen) atoms. The number of hydrogen-bond donors (Lipinski definition) is 1. The van der Waals surface area contributed by atoms with Crippen LogP contribution in [0.2, 0.25) is 5.22 Å². The Morgan fingerprint density at radius 1 is 1.40 bits per heavy atom. The van der Waals surface area contributed by atoms with Gasteiger partial charge < -0.3 is 9.15 Å². The lowest BCUT2D eigenvalue weighted by atomic mass is 10.4. The summed E-state index contributed by atoms with van der Waals surface area (Å²) < 4.78 is 10.1. The SMILES string of the molecule is O=C(NN1CCOCC1)c1ccc(Cl)o1. The minimum atomic E-state index is -0.288. The first-order valence-corrected chi connectivity index (χ1v) is 5.02. The van der Waals surface area contributed by atoms with E-state index in [0.29, 0.717) is 26.3 Å². The van der Waals surface area contributed by atoms with Gasteiger partial charge in [0, 0.05) is 13.1 Å². The summed E-state index contributed by atoms with van der Waals surface area (Å²) in [5.41, 5.74) is 2.71. The lowest BCUT2D eigenvalue weighted by Crippen LogP contribution is -2.48. The van der Waals surface area contributed by atoms with E-state index in [1.807, 2.05) is 0 Å². The maximum atomic E-state index is 11.6. The molecule has 0 atom stereocenters. The van der Waals surface area contributed by atoms with Gasteiger partial charge in [-0.2, -0.15) is 0 Å². The van der Waals surface area contributed by atoms with E-state index in [2.05, 4.69) is 5.43 Å². The number of furan rings is 1. The Hall–Kier alpha value is -1.04. The molecule has 0 radical (unpaired) electrons. The van der Waals surface area contributed by atoms with Gasteiger partial charge in [0.05, 0.1) is 13.2 Å². The van der Waals surface area contributed by atoms with E-state index in [4.69, 9.17) is 20.8 Å². The van der Waals surface area contributed by atoms with Crippen LogP contribution in [0.1, 0.15) is 10.6 Å². The van der Waals surface area contributed by atoms with Crippen molar-refractivity contribution in [3.63, 3.8) is 0 Å². The molecule has 1 saturated heterocycles. The summed E-state index contributed by atoms with van der Waals surface area (Å²) in [6.07, 6.45) is 0. The van der Waals surface area contributed by atoms with E-state index in [1.165, 1.54) is 12.1 Å². The molecule has 1 fully saturated rings. The van der Waals surface area contributed by atoms with Crippen molar-refractivity contribution in [1.82, 2.24) is 10.4 Å². The second kappa shape index (κ2) is 4.65. The van der Waals surface area contributed by atoms with Crippen LogP contribution in [0.5, 0.6) is 0 Å². The van der Waals surface area contributed by atoms with Gasteiger partial charge in [-0.25, -0.2) is 5.01 Å². The quantitative estimate of drug-likeness (QED) is 0.821. The number of carbonyl (C=O) groups excluding carboxylic acids is 1. The van der Waals surface area contributed by atoms with Crippen molar-refractivity contribution < 1.29 is 13.9 Å². The third-order valence-corrected chi connectivity index (χ3v) is 2.27. The summed E-state index contributed by atoms with van der Waals surface area (Å²) in [6, 6.07) is 3.08. The fourth-order valence-electron chi connectivity index (χ4n) is 1.31. The molecule has 5 nitrogen and oxygen atoms in total. The van der Waals surface area contributed by atoms with E-state index in [1.54, 1.807) is 5.01 Å². The molecule has 1 amide bonds. The second-order valence-corrected chi connectivity index (χ2v) is 3.52. The van der Waals surface area contributed by atoms with Crippen LogP contribution in [0.15, 0.2) is 16.5 Å². The van der Waals surface area contributed by atoms with Crippen molar-refractivity contribution in [1.29, 1.82) is 0 Å². The number of ether oxygens (including phenoxy) is 1. The third-order valence-electron chi connectivity index (χ3n) is 2.07. The summed E-state index contributed by atoms with van der Waals surface area (Å²) in [4.78, 5) is 11.6. The predicted molar refractivity (Wildman–Crippen MR) is 53.6 cm³/mol. The Morgan fingerprint density at radius 3 is 2.73 bits per heavy atom. The number of halogens is 1. The molecular weight excluding hydrogens is 220 g/mol. The number of rotatable bonds is 2. The molecule has 82 valence electrons. The number of carbonyl (C=O) groups is 1. The molecule has 0 bridgehead atoms. The Kier molecular flexibility index (Phi) is 3.25. The fraction of sp³-hybridized carbons (Fsp3) is 0.444. The fourth-order valence-corrected chi connectivity index (χ4v) is 1.46. The monoisotopic (exact) mass is 230 g/mol. The number of hydrazine groups is 1. The van der Waals surface area contributed by atoms with Gasteiger partial charge in [0.2, 0.25) is 0 Å². The van der Waals surface area contributed by atoms with Crippen molar-refractivity contribution in [2.45, 2.75) is 0 Å². The van der Waals surface area contributed by atoms with Crippen molar-refractivity contribution in [3.8, 4) is 0 Å². The summed E-state index contributed by atoms with van der Waals surface area (Å²) in [5.74, 6) is -0.0738. The Bertz CT molecular complexity index is 347. The molecular formula is C9H11ClN2O3. The van der Waals surface area contributed by atoms with Gasteiger partial charge in [0.15, 0.2) is 11.0 Å². The highest BCUT2D eigenvalue weighted by atomic mass is 35.5. The minimum absolute atomic E-state index is 0.210. The molecule has 2 rings (SSSR count). The molecule has 6 heteroatoms. The van der Waals surface area contributed by atoms with Crippen molar-refractivity contribution >= 4 is 17.5 Å². The lowest BCUT2D eigenvalue weighted by molar-refractivity contribution is 0.0118. The van der Waals surface area contributed by atoms with Crippen LogP contribution < -0.4 is 5.43 Å². The maximum absolute atomic E-state index is 11.6. The summed E-state index contributed by atoms with van der Waals surface area (Å²) >= 11 is 5.57. The van der Waals surface area contributed by atoms with E-state index in [0.717, 1.165) is 0 Å². The number of hydrogen-bond acceptors (Lipinski definition) is 4. The zero-order valence-electron chi connectivity index (χ0n) is 8.03. The van der Waals surface area contributed by atoms with Crippen LogP contribution >= 0.6 is 11.6 Å². The van der Waals surface area contributed by atoms with Gasteiger partial charge in [-0.05, 0) is 23.7 Å². The highest BCUT2D eigenvalue weighted by molar-refractivity contribution is 6.29. The molecule has 1 aromatic rings. The van der Waals surface area contributed by atoms with Gasteiger partial charge in [0.25, 0.3) is 0 Å². The normalized spacial score (nSPS) is 17.7. The number of nitrogens with one attached hydrogen (secondary N) is 1. The standard InChI is InChI=1S/C9H11ClN2O3/c10-8-2-1-7(15-8)9(13)11-12-3-5-14-6-4-12/h1-2H,3-6H2,(H,11,13). The van der Waals surface area contributed by atoms with Gasteiger partial charge in [-0.3, -0.25) is 10.2 Å². The van der Waals surface area contributed by atoms with Crippen molar-refractivity contribution in [3.05, 3.63) is 23.1 Å². The largest absolute Gasteiger partial charge is 0.440 e. The zero-order valence-corrected chi connectivity index (χ0v) is 8.79. The Morgan fingerprint density at radius 2 is 2.13 bits per heavy atom. The summed E-state index contributed by atoms with van der Waals surface area (Å²) in [5, 5.41) is 2.00. The van der Waals surface area contributed by atoms with Crippen LogP contribution in [-0.2, 0) is 4.74 Å². The van der Waals surface area contributed by atoms with Gasteiger partial charge in [-0.15, -0.1) is 0 Å². The average Bonchev–Trinajstić information content (AvgIpc) is 2.66. The molecule has 1 aliphatic rings. The first-order valence-electron chi connectivity index (χ1n) is 4.65. The van der Waals surface area contributed by atoms with Crippen molar-refractivity contribution in [2.75, 3.05) is 26.3 Å². The Labute approximate surface area is 91.9 Å². The average molecular weight is 231 g/mol. The van der Waals surface area contributed by atoms with E-state index < -0.39 is 0 Å². The second-order valence-electron chi connectivity index (χ2n) is 3.14. The minimum Gasteiger partial charge on any atom is -0.440 e. The van der Waals surface area contributed by atoms with Crippen LogP contribution in [0, 0.1) is 0 Å². The van der Waals surface area contributed by atoms with Gasteiger partial charge in [0.1, 0.15) is 0 Å². The molecule has 2 heterocycles. The van der Waals surface area contributed by atoms with E-state index in [9.17, 15) is 4.79 Å². The molecule has 1 aromatic heterocycles. The van der Waals surface area contributed by atoms with E-state index >= 15 is 0 Å². The molecule has 0 aliphatic carbocycles. The molecule has 1 aliphatic heterocycles.